The molecule has 2 N–H and O–H groups in total. The van der Waals surface area contributed by atoms with E-state index in [0.717, 1.165) is 0 Å². The number of nitrogens with zero attached hydrogens (tertiary/aromatic N) is 2. The molecule has 0 aliphatic carbocycles. The molecular formula is C11H16N4O3. The number of hydrazine groups is 1. The lowest BCUT2D eigenvalue weighted by atomic mass is 10.1. The van der Waals surface area contributed by atoms with Gasteiger partial charge in [-0.25, -0.2) is 5.01 Å². The number of nitro benzene ring substituents is 1. The number of hydrogen-bond donors (Lipinski definition) is 2. The van der Waals surface area contributed by atoms with Crippen molar-refractivity contribution in [2.45, 2.75) is 6.92 Å². The van der Waals surface area contributed by atoms with E-state index in [1.807, 2.05) is 6.92 Å². The van der Waals surface area contributed by atoms with Gasteiger partial charge in [-0.2, -0.15) is 0 Å². The highest BCUT2D eigenvalue weighted by Gasteiger charge is 2.16. The standard InChI is InChI=1S/C11H16N4O3/c1-4-12-9-7-8(11(16)13-14(2)3)5-6-10(9)15(17)18/h5-7,12H,4H2,1-3H3,(H,13,16). The van der Waals surface area contributed by atoms with Crippen molar-refractivity contribution in [1.82, 2.24) is 10.4 Å². The van der Waals surface area contributed by atoms with E-state index in [0.29, 0.717) is 17.8 Å². The van der Waals surface area contributed by atoms with Crippen LogP contribution in [-0.2, 0) is 0 Å². The zero-order valence-corrected chi connectivity index (χ0v) is 10.6. The van der Waals surface area contributed by atoms with Gasteiger partial charge in [0, 0.05) is 32.3 Å². The summed E-state index contributed by atoms with van der Waals surface area (Å²) in [4.78, 5) is 22.1. The maximum absolute atomic E-state index is 11.7. The molecule has 7 heteroatoms. The highest BCUT2D eigenvalue weighted by atomic mass is 16.6. The third kappa shape index (κ3) is 3.42. The quantitative estimate of drug-likeness (QED) is 0.608. The van der Waals surface area contributed by atoms with Gasteiger partial charge in [0.1, 0.15) is 5.69 Å². The van der Waals surface area contributed by atoms with Crippen LogP contribution in [0, 0.1) is 10.1 Å². The Labute approximate surface area is 105 Å². The second-order valence-electron chi connectivity index (χ2n) is 3.85. The van der Waals surface area contributed by atoms with Gasteiger partial charge in [-0.15, -0.1) is 0 Å². The number of hydrogen-bond acceptors (Lipinski definition) is 5. The van der Waals surface area contributed by atoms with Crippen LogP contribution in [0.2, 0.25) is 0 Å². The fraction of sp³-hybridized carbons (Fsp3) is 0.364. The van der Waals surface area contributed by atoms with E-state index in [2.05, 4.69) is 10.7 Å². The summed E-state index contributed by atoms with van der Waals surface area (Å²) in [5, 5.41) is 15.2. The molecule has 0 saturated heterocycles. The molecule has 0 heterocycles. The number of carbonyl (C=O) groups is 1. The van der Waals surface area contributed by atoms with Crippen LogP contribution in [0.25, 0.3) is 0 Å². The normalized spacial score (nSPS) is 10.2. The summed E-state index contributed by atoms with van der Waals surface area (Å²) in [6, 6.07) is 4.22. The van der Waals surface area contributed by atoms with Crippen molar-refractivity contribution in [1.29, 1.82) is 0 Å². The summed E-state index contributed by atoms with van der Waals surface area (Å²) in [7, 11) is 3.38. The van der Waals surface area contributed by atoms with Gasteiger partial charge in [-0.05, 0) is 19.1 Å². The summed E-state index contributed by atoms with van der Waals surface area (Å²) in [6.07, 6.45) is 0. The number of anilines is 1. The summed E-state index contributed by atoms with van der Waals surface area (Å²) in [6.45, 7) is 2.37. The molecule has 0 bridgehead atoms. The van der Waals surface area contributed by atoms with E-state index in [4.69, 9.17) is 0 Å². The topological polar surface area (TPSA) is 87.5 Å². The van der Waals surface area contributed by atoms with E-state index in [9.17, 15) is 14.9 Å². The lowest BCUT2D eigenvalue weighted by Crippen LogP contribution is -2.36. The molecule has 0 aliphatic heterocycles. The number of benzene rings is 1. The molecule has 18 heavy (non-hydrogen) atoms. The van der Waals surface area contributed by atoms with Crippen LogP contribution in [0.15, 0.2) is 18.2 Å². The molecule has 1 amide bonds. The molecule has 0 spiro atoms. The molecule has 1 aromatic rings. The van der Waals surface area contributed by atoms with Gasteiger partial charge in [-0.3, -0.25) is 20.3 Å². The van der Waals surface area contributed by atoms with Gasteiger partial charge >= 0.3 is 0 Å². The highest BCUT2D eigenvalue weighted by molar-refractivity contribution is 5.95. The van der Waals surface area contributed by atoms with Crippen molar-refractivity contribution in [2.24, 2.45) is 0 Å². The van der Waals surface area contributed by atoms with Crippen LogP contribution < -0.4 is 10.7 Å². The molecule has 0 unspecified atom stereocenters. The molecule has 0 aromatic heterocycles. The second kappa shape index (κ2) is 5.97. The van der Waals surface area contributed by atoms with Gasteiger partial charge in [0.05, 0.1) is 4.92 Å². The second-order valence-corrected chi connectivity index (χ2v) is 3.85. The first-order valence-electron chi connectivity index (χ1n) is 5.46. The molecule has 0 fully saturated rings. The number of amides is 1. The van der Waals surface area contributed by atoms with Gasteiger partial charge in [0.15, 0.2) is 0 Å². The Morgan fingerprint density at radius 1 is 1.44 bits per heavy atom. The minimum absolute atomic E-state index is 0.0433. The Morgan fingerprint density at radius 2 is 2.11 bits per heavy atom. The van der Waals surface area contributed by atoms with Crippen molar-refractivity contribution in [3.63, 3.8) is 0 Å². The van der Waals surface area contributed by atoms with E-state index in [1.165, 1.54) is 23.2 Å². The molecule has 0 saturated carbocycles. The first-order valence-corrected chi connectivity index (χ1v) is 5.46. The van der Waals surface area contributed by atoms with Crippen molar-refractivity contribution in [2.75, 3.05) is 26.0 Å². The van der Waals surface area contributed by atoms with Gasteiger partial charge in [0.2, 0.25) is 0 Å². The number of carbonyl (C=O) groups excluding carboxylic acids is 1. The van der Waals surface area contributed by atoms with Crippen molar-refractivity contribution in [3.05, 3.63) is 33.9 Å². The fourth-order valence-corrected chi connectivity index (χ4v) is 1.44. The predicted octanol–water partition coefficient (Wildman–Crippen LogP) is 1.23. The van der Waals surface area contributed by atoms with E-state index >= 15 is 0 Å². The fourth-order valence-electron chi connectivity index (χ4n) is 1.44. The molecule has 1 rings (SSSR count). The molecule has 0 radical (unpaired) electrons. The van der Waals surface area contributed by atoms with Crippen LogP contribution >= 0.6 is 0 Å². The lowest BCUT2D eigenvalue weighted by Gasteiger charge is -2.12. The Balaban J connectivity index is 3.06. The maximum atomic E-state index is 11.7. The van der Waals surface area contributed by atoms with Gasteiger partial charge < -0.3 is 5.32 Å². The minimum atomic E-state index is -0.481. The third-order valence-electron chi connectivity index (χ3n) is 2.15. The van der Waals surface area contributed by atoms with E-state index in [-0.39, 0.29) is 11.6 Å². The Kier molecular flexibility index (Phi) is 4.61. The van der Waals surface area contributed by atoms with Gasteiger partial charge in [0.25, 0.3) is 11.6 Å². The minimum Gasteiger partial charge on any atom is -0.380 e. The number of rotatable bonds is 5. The predicted molar refractivity (Wildman–Crippen MR) is 68.4 cm³/mol. The highest BCUT2D eigenvalue weighted by Crippen LogP contribution is 2.25. The number of nitrogens with one attached hydrogen (secondary N) is 2. The van der Waals surface area contributed by atoms with E-state index in [1.54, 1.807) is 14.1 Å². The zero-order valence-electron chi connectivity index (χ0n) is 10.6. The molecule has 7 nitrogen and oxygen atoms in total. The largest absolute Gasteiger partial charge is 0.380 e. The zero-order chi connectivity index (χ0) is 13.7. The summed E-state index contributed by atoms with van der Waals surface area (Å²) in [5.74, 6) is -0.311. The van der Waals surface area contributed by atoms with Crippen LogP contribution in [0.3, 0.4) is 0 Å². The summed E-state index contributed by atoms with van der Waals surface area (Å²) >= 11 is 0. The first-order chi connectivity index (χ1) is 8.45. The Hall–Kier alpha value is -2.15. The molecule has 1 aromatic carbocycles. The van der Waals surface area contributed by atoms with Crippen molar-refractivity contribution in [3.8, 4) is 0 Å². The molecule has 0 aliphatic rings. The lowest BCUT2D eigenvalue weighted by molar-refractivity contribution is -0.384. The summed E-state index contributed by atoms with van der Waals surface area (Å²) < 4.78 is 0. The molecule has 0 atom stereocenters. The molecular weight excluding hydrogens is 236 g/mol. The summed E-state index contributed by atoms with van der Waals surface area (Å²) in [5.41, 5.74) is 3.24. The Bertz CT molecular complexity index is 460. The SMILES string of the molecule is CCNc1cc(C(=O)NN(C)C)ccc1[N+](=O)[O-]. The number of nitro groups is 1. The first kappa shape index (κ1) is 13.9. The van der Waals surface area contributed by atoms with Crippen molar-refractivity contribution >= 4 is 17.3 Å². The maximum Gasteiger partial charge on any atom is 0.292 e. The average molecular weight is 252 g/mol. The molecule has 98 valence electrons. The monoisotopic (exact) mass is 252 g/mol. The smallest absolute Gasteiger partial charge is 0.292 e. The van der Waals surface area contributed by atoms with Crippen LogP contribution in [0.5, 0.6) is 0 Å². The van der Waals surface area contributed by atoms with Gasteiger partial charge in [-0.1, -0.05) is 0 Å². The average Bonchev–Trinajstić information content (AvgIpc) is 2.28. The van der Waals surface area contributed by atoms with E-state index < -0.39 is 4.92 Å². The Morgan fingerprint density at radius 3 is 2.61 bits per heavy atom. The third-order valence-corrected chi connectivity index (χ3v) is 2.15. The van der Waals surface area contributed by atoms with Crippen LogP contribution in [-0.4, -0.2) is 36.5 Å². The van der Waals surface area contributed by atoms with Crippen molar-refractivity contribution < 1.29 is 9.72 Å². The van der Waals surface area contributed by atoms with Crippen LogP contribution in [0.4, 0.5) is 11.4 Å². The van der Waals surface area contributed by atoms with Crippen LogP contribution in [0.1, 0.15) is 17.3 Å².